The second-order valence-corrected chi connectivity index (χ2v) is 6.86. The quantitative estimate of drug-likeness (QED) is 0.925. The molecule has 20 heavy (non-hydrogen) atoms. The van der Waals surface area contributed by atoms with Crippen molar-refractivity contribution in [3.63, 3.8) is 0 Å². The minimum atomic E-state index is -0.219. The molecule has 0 radical (unpaired) electrons. The van der Waals surface area contributed by atoms with Gasteiger partial charge in [0, 0.05) is 37.3 Å². The van der Waals surface area contributed by atoms with Crippen LogP contribution in [0.15, 0.2) is 18.2 Å². The van der Waals surface area contributed by atoms with Crippen molar-refractivity contribution < 1.29 is 9.13 Å². The van der Waals surface area contributed by atoms with E-state index in [2.05, 4.69) is 32.6 Å². The summed E-state index contributed by atoms with van der Waals surface area (Å²) in [4.78, 5) is 2.25. The Balaban J connectivity index is 2.17. The molecule has 0 spiro atoms. The summed E-state index contributed by atoms with van der Waals surface area (Å²) in [6.07, 6.45) is 0. The fourth-order valence-corrected chi connectivity index (χ4v) is 3.21. The van der Waals surface area contributed by atoms with Crippen LogP contribution in [0.1, 0.15) is 38.8 Å². The maximum Gasteiger partial charge on any atom is 0.132 e. The second kappa shape index (κ2) is 5.43. The Morgan fingerprint density at radius 1 is 1.15 bits per heavy atom. The van der Waals surface area contributed by atoms with E-state index < -0.39 is 0 Å². The summed E-state index contributed by atoms with van der Waals surface area (Å²) in [6.45, 7) is 10.7. The minimum absolute atomic E-state index is 0.169. The molecule has 2 rings (SSSR count). The first-order valence-corrected chi connectivity index (χ1v) is 7.11. The predicted molar refractivity (Wildman–Crippen MR) is 78.8 cm³/mol. The van der Waals surface area contributed by atoms with Gasteiger partial charge in [0.1, 0.15) is 5.82 Å². The summed E-state index contributed by atoms with van der Waals surface area (Å²) in [5.41, 5.74) is 6.42. The Hall–Kier alpha value is -0.970. The Morgan fingerprint density at radius 3 is 2.25 bits per heavy atom. The average Bonchev–Trinajstić information content (AvgIpc) is 2.27. The molecule has 0 atom stereocenters. The van der Waals surface area contributed by atoms with E-state index >= 15 is 0 Å². The molecule has 1 saturated heterocycles. The molecular weight excluding hydrogens is 255 g/mol. The molecule has 4 heteroatoms. The molecule has 1 aliphatic rings. The summed E-state index contributed by atoms with van der Waals surface area (Å²) in [6, 6.07) is 5.45. The Labute approximate surface area is 120 Å². The van der Waals surface area contributed by atoms with Crippen molar-refractivity contribution in [3.8, 4) is 0 Å². The smallest absolute Gasteiger partial charge is 0.132 e. The van der Waals surface area contributed by atoms with Gasteiger partial charge in [0.2, 0.25) is 0 Å². The van der Waals surface area contributed by atoms with E-state index in [0.717, 1.165) is 13.1 Å². The van der Waals surface area contributed by atoms with Gasteiger partial charge in [-0.25, -0.2) is 4.39 Å². The summed E-state index contributed by atoms with van der Waals surface area (Å²) >= 11 is 0. The van der Waals surface area contributed by atoms with E-state index in [9.17, 15) is 4.39 Å². The van der Waals surface area contributed by atoms with Crippen molar-refractivity contribution in [2.45, 2.75) is 52.0 Å². The number of hydrogen-bond donors (Lipinski definition) is 1. The molecule has 0 amide bonds. The number of benzene rings is 1. The molecule has 1 aromatic rings. The summed E-state index contributed by atoms with van der Waals surface area (Å²) in [5.74, 6) is -0.169. The number of rotatable bonds is 3. The van der Waals surface area contributed by atoms with Crippen LogP contribution in [-0.2, 0) is 17.8 Å². The molecule has 0 unspecified atom stereocenters. The van der Waals surface area contributed by atoms with Gasteiger partial charge in [0.15, 0.2) is 0 Å². The molecule has 1 aromatic carbocycles. The molecule has 1 heterocycles. The van der Waals surface area contributed by atoms with Gasteiger partial charge in [-0.2, -0.15) is 0 Å². The van der Waals surface area contributed by atoms with Crippen LogP contribution < -0.4 is 5.73 Å². The highest BCUT2D eigenvalue weighted by Gasteiger charge is 2.38. The van der Waals surface area contributed by atoms with Gasteiger partial charge >= 0.3 is 0 Å². The van der Waals surface area contributed by atoms with E-state index in [4.69, 9.17) is 10.5 Å². The highest BCUT2D eigenvalue weighted by Crippen LogP contribution is 2.29. The lowest BCUT2D eigenvalue weighted by atomic mass is 9.98. The molecule has 0 aromatic heterocycles. The van der Waals surface area contributed by atoms with Gasteiger partial charge in [-0.1, -0.05) is 18.2 Å². The van der Waals surface area contributed by atoms with E-state index in [1.165, 1.54) is 0 Å². The third kappa shape index (κ3) is 3.57. The van der Waals surface area contributed by atoms with Crippen LogP contribution in [0.2, 0.25) is 0 Å². The normalized spacial score (nSPS) is 21.9. The zero-order valence-electron chi connectivity index (χ0n) is 12.9. The average molecular weight is 280 g/mol. The maximum atomic E-state index is 14.3. The van der Waals surface area contributed by atoms with Crippen molar-refractivity contribution in [3.05, 3.63) is 35.1 Å². The lowest BCUT2D eigenvalue weighted by Crippen LogP contribution is -2.56. The van der Waals surface area contributed by atoms with Crippen LogP contribution in [0.25, 0.3) is 0 Å². The fraction of sp³-hybridized carbons (Fsp3) is 0.625. The van der Waals surface area contributed by atoms with Crippen LogP contribution in [-0.4, -0.2) is 29.2 Å². The Bertz CT molecular complexity index is 469. The SMILES string of the molecule is CC1(C)CN(Cc2cccc(CN)c2F)CC(C)(C)O1. The molecule has 112 valence electrons. The zero-order valence-corrected chi connectivity index (χ0v) is 12.9. The molecule has 0 aliphatic carbocycles. The largest absolute Gasteiger partial charge is 0.367 e. The van der Waals surface area contributed by atoms with Crippen molar-refractivity contribution in [1.82, 2.24) is 4.90 Å². The standard InChI is InChI=1S/C16H25FN2O/c1-15(2)10-19(11-16(3,4)20-15)9-13-7-5-6-12(8-18)14(13)17/h5-7H,8-11,18H2,1-4H3. The van der Waals surface area contributed by atoms with Crippen LogP contribution in [0.4, 0.5) is 4.39 Å². The third-order valence-electron chi connectivity index (χ3n) is 3.53. The van der Waals surface area contributed by atoms with Gasteiger partial charge in [-0.3, -0.25) is 4.90 Å². The van der Waals surface area contributed by atoms with Crippen molar-refractivity contribution in [2.24, 2.45) is 5.73 Å². The molecule has 3 nitrogen and oxygen atoms in total. The van der Waals surface area contributed by atoms with Gasteiger partial charge in [0.05, 0.1) is 11.2 Å². The van der Waals surface area contributed by atoms with E-state index in [1.54, 1.807) is 6.07 Å². The molecular formula is C16H25FN2O. The van der Waals surface area contributed by atoms with E-state index in [1.807, 2.05) is 12.1 Å². The maximum absolute atomic E-state index is 14.3. The number of hydrogen-bond acceptors (Lipinski definition) is 3. The van der Waals surface area contributed by atoms with Gasteiger partial charge in [-0.15, -0.1) is 0 Å². The minimum Gasteiger partial charge on any atom is -0.367 e. The van der Waals surface area contributed by atoms with Gasteiger partial charge in [-0.05, 0) is 27.7 Å². The van der Waals surface area contributed by atoms with Crippen LogP contribution in [0.3, 0.4) is 0 Å². The molecule has 0 saturated carbocycles. The first-order chi connectivity index (χ1) is 9.22. The number of halogens is 1. The van der Waals surface area contributed by atoms with Crippen LogP contribution >= 0.6 is 0 Å². The van der Waals surface area contributed by atoms with Crippen molar-refractivity contribution in [1.29, 1.82) is 0 Å². The number of nitrogens with zero attached hydrogens (tertiary/aromatic N) is 1. The summed E-state index contributed by atoms with van der Waals surface area (Å²) < 4.78 is 20.3. The van der Waals surface area contributed by atoms with Crippen LogP contribution in [0, 0.1) is 5.82 Å². The second-order valence-electron chi connectivity index (χ2n) is 6.86. The van der Waals surface area contributed by atoms with E-state index in [-0.39, 0.29) is 23.6 Å². The highest BCUT2D eigenvalue weighted by atomic mass is 19.1. The number of morpholine rings is 1. The highest BCUT2D eigenvalue weighted by molar-refractivity contribution is 5.26. The monoisotopic (exact) mass is 280 g/mol. The third-order valence-corrected chi connectivity index (χ3v) is 3.53. The van der Waals surface area contributed by atoms with E-state index in [0.29, 0.717) is 17.7 Å². The molecule has 0 bridgehead atoms. The number of ether oxygens (including phenoxy) is 1. The number of nitrogens with two attached hydrogens (primary N) is 1. The first-order valence-electron chi connectivity index (χ1n) is 7.11. The summed E-state index contributed by atoms with van der Waals surface area (Å²) in [5, 5.41) is 0. The first kappa shape index (κ1) is 15.4. The zero-order chi connectivity index (χ0) is 15.0. The fourth-order valence-electron chi connectivity index (χ4n) is 3.21. The van der Waals surface area contributed by atoms with Gasteiger partial charge < -0.3 is 10.5 Å². The van der Waals surface area contributed by atoms with Crippen molar-refractivity contribution in [2.75, 3.05) is 13.1 Å². The lowest BCUT2D eigenvalue weighted by Gasteiger charge is -2.47. The lowest BCUT2D eigenvalue weighted by molar-refractivity contribution is -0.182. The molecule has 1 aliphatic heterocycles. The van der Waals surface area contributed by atoms with Crippen LogP contribution in [0.5, 0.6) is 0 Å². The molecule has 2 N–H and O–H groups in total. The Kier molecular flexibility index (Phi) is 4.19. The topological polar surface area (TPSA) is 38.5 Å². The molecule has 1 fully saturated rings. The van der Waals surface area contributed by atoms with Gasteiger partial charge in [0.25, 0.3) is 0 Å². The Morgan fingerprint density at radius 2 is 1.70 bits per heavy atom. The van der Waals surface area contributed by atoms with Crippen molar-refractivity contribution >= 4 is 0 Å². The summed E-state index contributed by atoms with van der Waals surface area (Å²) in [7, 11) is 0. The predicted octanol–water partition coefficient (Wildman–Crippen LogP) is 2.67.